The molecule has 98 valence electrons. The molecule has 0 radical (unpaired) electrons. The molecule has 0 aliphatic heterocycles. The Balaban J connectivity index is 2.11. The number of ether oxygens (including phenoxy) is 1. The summed E-state index contributed by atoms with van der Waals surface area (Å²) in [5.74, 6) is 4.00. The number of rotatable bonds is 9. The summed E-state index contributed by atoms with van der Waals surface area (Å²) < 4.78 is 5.13. The van der Waals surface area contributed by atoms with Crippen molar-refractivity contribution < 1.29 is 4.74 Å². The quantitative estimate of drug-likeness (QED) is 0.360. The maximum atomic E-state index is 5.13. The lowest BCUT2D eigenvalue weighted by Gasteiger charge is -2.01. The Labute approximate surface area is 122 Å². The third-order valence-corrected chi connectivity index (χ3v) is 4.94. The first-order chi connectivity index (χ1) is 8.86. The van der Waals surface area contributed by atoms with Gasteiger partial charge in [0.1, 0.15) is 5.75 Å². The van der Waals surface area contributed by atoms with E-state index in [-0.39, 0.29) is 0 Å². The molecular weight excluding hydrogens is 280 g/mol. The second kappa shape index (κ2) is 10.5. The van der Waals surface area contributed by atoms with Crippen LogP contribution in [0.4, 0.5) is 0 Å². The molecule has 0 bridgehead atoms. The van der Waals surface area contributed by atoms with Gasteiger partial charge in [-0.3, -0.25) is 0 Å². The number of benzene rings is 1. The molecule has 0 heterocycles. The Bertz CT molecular complexity index is 360. The van der Waals surface area contributed by atoms with Crippen molar-refractivity contribution >= 4 is 33.3 Å². The van der Waals surface area contributed by atoms with Gasteiger partial charge in [0, 0.05) is 17.3 Å². The van der Waals surface area contributed by atoms with Crippen molar-refractivity contribution in [3.63, 3.8) is 0 Å². The van der Waals surface area contributed by atoms with Crippen molar-refractivity contribution in [1.29, 1.82) is 0 Å². The Morgan fingerprint density at radius 3 is 2.67 bits per heavy atom. The fourth-order valence-corrected chi connectivity index (χ4v) is 3.55. The minimum absolute atomic E-state index is 0.913. The van der Waals surface area contributed by atoms with E-state index in [0.29, 0.717) is 0 Å². The number of thioether (sulfide) groups is 1. The van der Waals surface area contributed by atoms with E-state index in [2.05, 4.69) is 30.2 Å². The lowest BCUT2D eigenvalue weighted by Crippen LogP contribution is -1.83. The van der Waals surface area contributed by atoms with Crippen molar-refractivity contribution in [3.8, 4) is 5.75 Å². The van der Waals surface area contributed by atoms with Crippen LogP contribution in [-0.4, -0.2) is 18.6 Å². The highest BCUT2D eigenvalue weighted by Crippen LogP contribution is 2.27. The van der Waals surface area contributed by atoms with Gasteiger partial charge in [-0.05, 0) is 23.1 Å². The molecule has 0 aliphatic rings. The van der Waals surface area contributed by atoms with Crippen LogP contribution >= 0.6 is 33.3 Å². The Morgan fingerprint density at radius 2 is 2.00 bits per heavy atom. The Hall–Kier alpha value is -0.450. The van der Waals surface area contributed by atoms with E-state index < -0.39 is 0 Å². The zero-order valence-electron chi connectivity index (χ0n) is 10.5. The van der Waals surface area contributed by atoms with Crippen molar-refractivity contribution in [1.82, 2.24) is 0 Å². The molecule has 1 aromatic rings. The second-order valence-electron chi connectivity index (χ2n) is 3.40. The van der Waals surface area contributed by atoms with E-state index in [1.54, 1.807) is 17.9 Å². The molecule has 0 amide bonds. The third kappa shape index (κ3) is 7.09. The monoisotopic (exact) mass is 298 g/mol. The van der Waals surface area contributed by atoms with Crippen molar-refractivity contribution in [3.05, 3.63) is 54.0 Å². The maximum Gasteiger partial charge on any atom is 0.118 e. The third-order valence-electron chi connectivity index (χ3n) is 2.05. The Morgan fingerprint density at radius 1 is 1.22 bits per heavy atom. The molecule has 0 unspecified atom stereocenters. The van der Waals surface area contributed by atoms with Gasteiger partial charge in [0.25, 0.3) is 0 Å². The summed E-state index contributed by atoms with van der Waals surface area (Å²) in [5, 5.41) is 2.16. The zero-order valence-corrected chi connectivity index (χ0v) is 13.0. The molecule has 0 fully saturated rings. The van der Waals surface area contributed by atoms with Crippen LogP contribution in [0.5, 0.6) is 5.75 Å². The Kier molecular flexibility index (Phi) is 9.08. The fourth-order valence-electron chi connectivity index (χ4n) is 1.16. The molecule has 1 rings (SSSR count). The topological polar surface area (TPSA) is 9.23 Å². The van der Waals surface area contributed by atoms with Gasteiger partial charge in [0.05, 0.1) is 7.11 Å². The number of hydrogen-bond acceptors (Lipinski definition) is 4. The van der Waals surface area contributed by atoms with E-state index in [4.69, 9.17) is 4.74 Å². The van der Waals surface area contributed by atoms with E-state index in [1.807, 2.05) is 40.8 Å². The normalized spacial score (nSPS) is 10.7. The lowest BCUT2D eigenvalue weighted by molar-refractivity contribution is 0.414. The summed E-state index contributed by atoms with van der Waals surface area (Å²) in [6.07, 6.45) is 4.13. The predicted octanol–water partition coefficient (Wildman–Crippen LogP) is 5.01. The van der Waals surface area contributed by atoms with Gasteiger partial charge >= 0.3 is 0 Å². The van der Waals surface area contributed by atoms with Crippen LogP contribution in [0.2, 0.25) is 0 Å². The van der Waals surface area contributed by atoms with E-state index in [9.17, 15) is 0 Å². The molecule has 1 nitrogen and oxygen atoms in total. The fraction of sp³-hybridized carbons (Fsp3) is 0.286. The molecule has 0 spiro atoms. The van der Waals surface area contributed by atoms with Crippen LogP contribution in [-0.2, 0) is 5.75 Å². The molecule has 0 aromatic heterocycles. The minimum atomic E-state index is 0.913. The standard InChI is InChI=1S/C14H18OS3/c1-3-9-16-10-4-11-17-18-12-13-5-7-14(15-2)8-6-13/h3-8,11H,1,9-10,12H2,2H3/b11-4+. The van der Waals surface area contributed by atoms with Crippen LogP contribution in [0.15, 0.2) is 48.4 Å². The SMILES string of the molecule is C=CCSC/C=C/SSCc1ccc(OC)cc1. The number of hydrogen-bond donors (Lipinski definition) is 0. The first kappa shape index (κ1) is 15.6. The van der Waals surface area contributed by atoms with Crippen molar-refractivity contribution in [2.75, 3.05) is 18.6 Å². The van der Waals surface area contributed by atoms with Gasteiger partial charge in [0.2, 0.25) is 0 Å². The minimum Gasteiger partial charge on any atom is -0.497 e. The average molecular weight is 298 g/mol. The maximum absolute atomic E-state index is 5.13. The molecule has 0 saturated heterocycles. The molecule has 0 aliphatic carbocycles. The van der Waals surface area contributed by atoms with Crippen LogP contribution in [0, 0.1) is 0 Å². The first-order valence-electron chi connectivity index (χ1n) is 5.61. The average Bonchev–Trinajstić information content (AvgIpc) is 2.42. The molecule has 1 aromatic carbocycles. The molecule has 4 heteroatoms. The first-order valence-corrected chi connectivity index (χ1v) is 9.15. The van der Waals surface area contributed by atoms with Crippen molar-refractivity contribution in [2.45, 2.75) is 5.75 Å². The summed E-state index contributed by atoms with van der Waals surface area (Å²) >= 11 is 1.87. The molecule has 18 heavy (non-hydrogen) atoms. The molecule has 0 atom stereocenters. The highest BCUT2D eigenvalue weighted by atomic mass is 33.1. The molecule has 0 N–H and O–H groups in total. The van der Waals surface area contributed by atoms with E-state index in [1.165, 1.54) is 5.56 Å². The van der Waals surface area contributed by atoms with Crippen LogP contribution in [0.3, 0.4) is 0 Å². The van der Waals surface area contributed by atoms with E-state index >= 15 is 0 Å². The van der Waals surface area contributed by atoms with Gasteiger partial charge in [-0.25, -0.2) is 0 Å². The lowest BCUT2D eigenvalue weighted by atomic mass is 10.2. The number of methoxy groups -OCH3 is 1. The van der Waals surface area contributed by atoms with Gasteiger partial charge in [-0.15, -0.1) is 6.58 Å². The summed E-state index contributed by atoms with van der Waals surface area (Å²) in [6.45, 7) is 3.69. The summed E-state index contributed by atoms with van der Waals surface area (Å²) in [4.78, 5) is 0. The predicted molar refractivity (Wildman–Crippen MR) is 88.5 cm³/mol. The van der Waals surface area contributed by atoms with Gasteiger partial charge in [-0.1, -0.05) is 45.9 Å². The molecule has 0 saturated carbocycles. The smallest absolute Gasteiger partial charge is 0.118 e. The summed E-state index contributed by atoms with van der Waals surface area (Å²) in [6, 6.07) is 8.22. The molecular formula is C14H18OS3. The second-order valence-corrected chi connectivity index (χ2v) is 6.75. The summed E-state index contributed by atoms with van der Waals surface area (Å²) in [5.41, 5.74) is 1.32. The van der Waals surface area contributed by atoms with Crippen LogP contribution in [0.1, 0.15) is 5.56 Å². The summed E-state index contributed by atoms with van der Waals surface area (Å²) in [7, 11) is 5.31. The zero-order chi connectivity index (χ0) is 13.1. The largest absolute Gasteiger partial charge is 0.497 e. The highest BCUT2D eigenvalue weighted by Gasteiger charge is 1.94. The van der Waals surface area contributed by atoms with Gasteiger partial charge in [-0.2, -0.15) is 11.8 Å². The van der Waals surface area contributed by atoms with Crippen molar-refractivity contribution in [2.24, 2.45) is 0 Å². The van der Waals surface area contributed by atoms with Crippen LogP contribution in [0.25, 0.3) is 0 Å². The van der Waals surface area contributed by atoms with E-state index in [0.717, 1.165) is 23.0 Å². The highest BCUT2D eigenvalue weighted by molar-refractivity contribution is 8.77. The van der Waals surface area contributed by atoms with Crippen LogP contribution < -0.4 is 4.74 Å². The van der Waals surface area contributed by atoms with Gasteiger partial charge in [0.15, 0.2) is 0 Å². The van der Waals surface area contributed by atoms with Gasteiger partial charge < -0.3 is 4.74 Å².